The second-order valence-corrected chi connectivity index (χ2v) is 5.68. The molecule has 1 rings (SSSR count). The maximum Gasteiger partial charge on any atom is 0.305 e. The number of carbonyl (C=O) groups is 1. The van der Waals surface area contributed by atoms with Crippen molar-refractivity contribution >= 4 is 13.8 Å². The first kappa shape index (κ1) is 15.6. The van der Waals surface area contributed by atoms with E-state index in [-0.39, 0.29) is 19.2 Å². The topological polar surface area (TPSA) is 84.9 Å². The van der Waals surface area contributed by atoms with Crippen LogP contribution in [0.4, 0.5) is 0 Å². The van der Waals surface area contributed by atoms with Crippen LogP contribution in [0.2, 0.25) is 0 Å². The number of phosphoric ester groups is 1. The lowest BCUT2D eigenvalue weighted by molar-refractivity contribution is -0.215. The maximum atomic E-state index is 11.3. The van der Waals surface area contributed by atoms with Crippen molar-refractivity contribution in [3.05, 3.63) is 0 Å². The van der Waals surface area contributed by atoms with Crippen LogP contribution in [0.1, 0.15) is 45.4 Å². The van der Waals surface area contributed by atoms with Crippen molar-refractivity contribution in [3.63, 3.8) is 0 Å². The zero-order valence-corrected chi connectivity index (χ0v) is 11.5. The summed E-state index contributed by atoms with van der Waals surface area (Å²) in [5.41, 5.74) is 0. The Kier molecular flexibility index (Phi) is 6.86. The molecule has 1 aliphatic heterocycles. The monoisotopic (exact) mass is 279 g/mol. The third-order valence-corrected chi connectivity index (χ3v) is 3.63. The zero-order valence-electron chi connectivity index (χ0n) is 10.6. The van der Waals surface area contributed by atoms with Crippen molar-refractivity contribution in [1.82, 2.24) is 0 Å². The Morgan fingerprint density at radius 3 is 2.72 bits per heavy atom. The van der Waals surface area contributed by atoms with Crippen LogP contribution in [-0.2, 0) is 23.1 Å². The van der Waals surface area contributed by atoms with Crippen molar-refractivity contribution < 1.29 is 28.0 Å². The van der Waals surface area contributed by atoms with Crippen LogP contribution in [-0.4, -0.2) is 25.3 Å². The van der Waals surface area contributed by atoms with E-state index in [1.54, 1.807) is 0 Å². The molecule has 1 unspecified atom stereocenters. The van der Waals surface area contributed by atoms with Gasteiger partial charge in [0.1, 0.15) is 12.7 Å². The molecule has 0 amide bonds. The average Bonchev–Trinajstić information content (AvgIpc) is 2.66. The van der Waals surface area contributed by atoms with Crippen molar-refractivity contribution in [1.29, 1.82) is 0 Å². The number of esters is 1. The third-order valence-electron chi connectivity index (χ3n) is 2.61. The summed E-state index contributed by atoms with van der Waals surface area (Å²) >= 11 is 0. The first-order valence-electron chi connectivity index (χ1n) is 6.33. The van der Waals surface area contributed by atoms with E-state index >= 15 is 0 Å². The summed E-state index contributed by atoms with van der Waals surface area (Å²) in [4.78, 5) is 22.1. The van der Waals surface area contributed by atoms with E-state index in [2.05, 4.69) is 16.0 Å². The summed E-state index contributed by atoms with van der Waals surface area (Å²) in [6.45, 7) is 1.98. The normalized spacial score (nSPS) is 27.3. The fourth-order valence-electron chi connectivity index (χ4n) is 1.63. The van der Waals surface area contributed by atoms with E-state index in [4.69, 9.17) is 4.74 Å². The Labute approximate surface area is 107 Å². The summed E-state index contributed by atoms with van der Waals surface area (Å²) in [7, 11) is -4.13. The van der Waals surface area contributed by atoms with Gasteiger partial charge < -0.3 is 18.7 Å². The summed E-state index contributed by atoms with van der Waals surface area (Å²) in [5, 5.41) is 0. The van der Waals surface area contributed by atoms with Crippen LogP contribution in [0.25, 0.3) is 0 Å². The van der Waals surface area contributed by atoms with Gasteiger partial charge in [0.2, 0.25) is 0 Å². The molecule has 1 heterocycles. The Morgan fingerprint density at radius 2 is 2.11 bits per heavy atom. The number of ether oxygens (including phenoxy) is 1. The Bertz CT molecular complexity index is 306. The van der Waals surface area contributed by atoms with Crippen LogP contribution in [0.3, 0.4) is 0 Å². The molecule has 0 aromatic heterocycles. The van der Waals surface area contributed by atoms with E-state index in [9.17, 15) is 14.3 Å². The molecule has 2 atom stereocenters. The van der Waals surface area contributed by atoms with Gasteiger partial charge in [0.15, 0.2) is 0 Å². The fourth-order valence-corrected chi connectivity index (χ4v) is 2.52. The average molecular weight is 279 g/mol. The van der Waals surface area contributed by atoms with Crippen molar-refractivity contribution in [2.75, 3.05) is 13.2 Å². The van der Waals surface area contributed by atoms with Crippen LogP contribution in [0, 0.1) is 0 Å². The molecule has 106 valence electrons. The molecule has 1 fully saturated rings. The van der Waals surface area contributed by atoms with Crippen molar-refractivity contribution in [3.8, 4) is 0 Å². The Hall–Kier alpha value is -0.420. The largest absolute Gasteiger partial charge is 0.756 e. The van der Waals surface area contributed by atoms with Crippen molar-refractivity contribution in [2.45, 2.75) is 51.6 Å². The Morgan fingerprint density at radius 1 is 1.39 bits per heavy atom. The zero-order chi connectivity index (χ0) is 13.4. The van der Waals surface area contributed by atoms with Gasteiger partial charge in [0.25, 0.3) is 7.82 Å². The van der Waals surface area contributed by atoms with Crippen LogP contribution in [0.15, 0.2) is 0 Å². The van der Waals surface area contributed by atoms with E-state index in [0.29, 0.717) is 6.42 Å². The summed E-state index contributed by atoms with van der Waals surface area (Å²) in [6.07, 6.45) is 4.97. The third kappa shape index (κ3) is 6.50. The predicted molar refractivity (Wildman–Crippen MR) is 62.8 cm³/mol. The molecule has 0 aromatic carbocycles. The molecule has 0 bridgehead atoms. The number of hydrogen-bond acceptors (Lipinski definition) is 6. The molecular formula is C11H20O6P-. The second-order valence-electron chi connectivity index (χ2n) is 4.32. The lowest BCUT2D eigenvalue weighted by Gasteiger charge is -2.14. The van der Waals surface area contributed by atoms with Gasteiger partial charge in [-0.2, -0.15) is 0 Å². The highest BCUT2D eigenvalue weighted by atomic mass is 31.2. The van der Waals surface area contributed by atoms with E-state index in [1.807, 2.05) is 0 Å². The second kappa shape index (κ2) is 7.89. The first-order valence-corrected chi connectivity index (χ1v) is 7.79. The minimum atomic E-state index is -4.13. The number of phosphoric acid groups is 1. The van der Waals surface area contributed by atoms with E-state index in [0.717, 1.165) is 19.3 Å². The summed E-state index contributed by atoms with van der Waals surface area (Å²) < 4.78 is 24.7. The smallest absolute Gasteiger partial charge is 0.305 e. The maximum absolute atomic E-state index is 11.3. The molecule has 0 aromatic rings. The van der Waals surface area contributed by atoms with Crippen LogP contribution in [0.5, 0.6) is 0 Å². The van der Waals surface area contributed by atoms with Gasteiger partial charge in [-0.25, -0.2) is 0 Å². The van der Waals surface area contributed by atoms with Gasteiger partial charge in [-0.3, -0.25) is 9.36 Å². The minimum absolute atomic E-state index is 0.0694. The van der Waals surface area contributed by atoms with Crippen molar-refractivity contribution in [2.24, 2.45) is 0 Å². The SMILES string of the molecule is CCCCCCCC(=O)OC[C@@H]1COP(=O)([O-])O1. The fraction of sp³-hybridized carbons (Fsp3) is 0.909. The molecule has 7 heteroatoms. The van der Waals surface area contributed by atoms with Crippen LogP contribution >= 0.6 is 7.82 Å². The molecule has 0 saturated carbocycles. The highest BCUT2D eigenvalue weighted by Gasteiger charge is 2.28. The highest BCUT2D eigenvalue weighted by Crippen LogP contribution is 2.45. The van der Waals surface area contributed by atoms with Gasteiger partial charge in [-0.05, 0) is 6.42 Å². The predicted octanol–water partition coefficient (Wildman–Crippen LogP) is 1.77. The number of carbonyl (C=O) groups excluding carboxylic acids is 1. The first-order chi connectivity index (χ1) is 8.53. The molecule has 1 aliphatic rings. The van der Waals surface area contributed by atoms with Gasteiger partial charge in [0.05, 0.1) is 6.61 Å². The lowest BCUT2D eigenvalue weighted by atomic mass is 10.1. The summed E-state index contributed by atoms with van der Waals surface area (Å²) in [6, 6.07) is 0. The Balaban J connectivity index is 2.02. The number of rotatable bonds is 8. The molecule has 0 N–H and O–H groups in total. The standard InChI is InChI=1S/C11H21O6P/c1-2-3-4-5-6-7-11(12)15-8-10-9-16-18(13,14)17-10/h10H,2-9H2,1H3,(H,13,14)/p-1/t10-/m1/s1. The molecule has 0 radical (unpaired) electrons. The van der Waals surface area contributed by atoms with Gasteiger partial charge in [-0.1, -0.05) is 32.6 Å². The molecule has 0 spiro atoms. The quantitative estimate of drug-likeness (QED) is 0.382. The van der Waals surface area contributed by atoms with Crippen LogP contribution < -0.4 is 4.89 Å². The number of hydrogen-bond donors (Lipinski definition) is 0. The van der Waals surface area contributed by atoms with Gasteiger partial charge >= 0.3 is 5.97 Å². The van der Waals surface area contributed by atoms with E-state index < -0.39 is 13.9 Å². The minimum Gasteiger partial charge on any atom is -0.756 e. The molecule has 18 heavy (non-hydrogen) atoms. The van der Waals surface area contributed by atoms with Gasteiger partial charge in [-0.15, -0.1) is 0 Å². The lowest BCUT2D eigenvalue weighted by Crippen LogP contribution is -2.20. The van der Waals surface area contributed by atoms with E-state index in [1.165, 1.54) is 12.8 Å². The molecule has 6 nitrogen and oxygen atoms in total. The molecule has 1 saturated heterocycles. The van der Waals surface area contributed by atoms with Gasteiger partial charge in [0, 0.05) is 6.42 Å². The highest BCUT2D eigenvalue weighted by molar-refractivity contribution is 7.46. The summed E-state index contributed by atoms with van der Waals surface area (Å²) in [5.74, 6) is -0.317. The molecular weight excluding hydrogens is 259 g/mol. The molecule has 0 aliphatic carbocycles. The number of unbranched alkanes of at least 4 members (excludes halogenated alkanes) is 4.